The van der Waals surface area contributed by atoms with Crippen LogP contribution >= 0.6 is 15.9 Å². The molecular weight excluding hydrogens is 316 g/mol. The first-order valence-electron chi connectivity index (χ1n) is 7.18. The van der Waals surface area contributed by atoms with Gasteiger partial charge < -0.3 is 9.15 Å². The molecule has 0 aromatic carbocycles. The molecule has 2 rings (SSSR count). The topological polar surface area (TPSA) is 47.1 Å². The molecule has 0 fully saturated rings. The van der Waals surface area contributed by atoms with Gasteiger partial charge in [-0.15, -0.1) is 0 Å². The number of hydrogen-bond donors (Lipinski definition) is 0. The molecule has 0 radical (unpaired) electrons. The van der Waals surface area contributed by atoms with Crippen molar-refractivity contribution in [3.8, 4) is 0 Å². The summed E-state index contributed by atoms with van der Waals surface area (Å²) in [5.74, 6) is 0.813. The van der Waals surface area contributed by atoms with Gasteiger partial charge in [-0.2, -0.15) is 10.2 Å². The molecule has 0 amide bonds. The molecule has 0 spiro atoms. The Balaban J connectivity index is 1.57. The van der Waals surface area contributed by atoms with E-state index in [1.807, 2.05) is 12.1 Å². The van der Waals surface area contributed by atoms with Crippen molar-refractivity contribution in [1.82, 2.24) is 0 Å². The minimum atomic E-state index is 0.385. The van der Waals surface area contributed by atoms with Crippen LogP contribution in [-0.2, 0) is 11.3 Å². The molecule has 1 atom stereocenters. The Kier molecular flexibility index (Phi) is 7.01. The molecule has 20 heavy (non-hydrogen) atoms. The molecule has 1 heterocycles. The zero-order chi connectivity index (χ0) is 14.0. The largest absolute Gasteiger partial charge is 0.452 e. The summed E-state index contributed by atoms with van der Waals surface area (Å²) >= 11 is 3.26. The Labute approximate surface area is 128 Å². The fraction of sp³-hybridized carbons (Fsp3) is 0.600. The molecule has 5 heteroatoms. The van der Waals surface area contributed by atoms with Crippen LogP contribution in [-0.4, -0.2) is 19.3 Å². The normalized spacial score (nSPS) is 20.1. The Bertz CT molecular complexity index is 443. The van der Waals surface area contributed by atoms with Gasteiger partial charge in [-0.1, -0.05) is 12.2 Å². The second kappa shape index (κ2) is 9.08. The molecule has 0 N–H and O–H groups in total. The van der Waals surface area contributed by atoms with Crippen molar-refractivity contribution < 1.29 is 9.15 Å². The number of rotatable bonds is 6. The lowest BCUT2D eigenvalue weighted by Crippen LogP contribution is -2.15. The standard InChI is InChI=1S/C15H21BrN2O2/c16-15-9-8-14(20-15)12-18-17-10-11-19-13-6-4-2-1-3-5-7-13/h1-2,8-9,13H,3-7,10-12H2/i16-4. The van der Waals surface area contributed by atoms with Crippen molar-refractivity contribution in [2.45, 2.75) is 44.8 Å². The lowest BCUT2D eigenvalue weighted by molar-refractivity contribution is 0.0453. The molecule has 4 nitrogen and oxygen atoms in total. The fourth-order valence-electron chi connectivity index (χ4n) is 2.18. The smallest absolute Gasteiger partial charge is 0.169 e. The molecule has 1 unspecified atom stereocenters. The molecule has 0 aliphatic heterocycles. The van der Waals surface area contributed by atoms with Crippen molar-refractivity contribution in [2.24, 2.45) is 10.2 Å². The third-order valence-electron chi connectivity index (χ3n) is 3.22. The summed E-state index contributed by atoms with van der Waals surface area (Å²) in [6.07, 6.45) is 10.7. The lowest BCUT2D eigenvalue weighted by Gasteiger charge is -2.17. The van der Waals surface area contributed by atoms with Crippen LogP contribution in [0.15, 0.2) is 43.6 Å². The van der Waals surface area contributed by atoms with Gasteiger partial charge >= 0.3 is 0 Å². The van der Waals surface area contributed by atoms with Crippen molar-refractivity contribution in [2.75, 3.05) is 13.2 Å². The van der Waals surface area contributed by atoms with Crippen molar-refractivity contribution >= 4 is 15.9 Å². The van der Waals surface area contributed by atoms with E-state index in [1.54, 1.807) is 0 Å². The minimum absolute atomic E-state index is 0.385. The number of nitrogens with zero attached hydrogens (tertiary/aromatic N) is 2. The van der Waals surface area contributed by atoms with Crippen LogP contribution in [0.5, 0.6) is 0 Å². The van der Waals surface area contributed by atoms with E-state index in [1.165, 1.54) is 12.8 Å². The number of allylic oxidation sites excluding steroid dienone is 2. The summed E-state index contributed by atoms with van der Waals surface area (Å²) < 4.78 is 11.9. The van der Waals surface area contributed by atoms with Crippen LogP contribution in [0.1, 0.15) is 37.9 Å². The maximum Gasteiger partial charge on any atom is 0.169 e. The number of ether oxygens (including phenoxy) is 1. The average Bonchev–Trinajstić information content (AvgIpc) is 2.81. The van der Waals surface area contributed by atoms with Gasteiger partial charge in [-0.25, -0.2) is 0 Å². The van der Waals surface area contributed by atoms with E-state index in [0.717, 1.165) is 29.7 Å². The quantitative estimate of drug-likeness (QED) is 0.421. The lowest BCUT2D eigenvalue weighted by atomic mass is 10.0. The molecule has 1 aliphatic rings. The molecule has 0 saturated carbocycles. The third kappa shape index (κ3) is 6.01. The van der Waals surface area contributed by atoms with Crippen molar-refractivity contribution in [1.29, 1.82) is 0 Å². The van der Waals surface area contributed by atoms with Crippen LogP contribution < -0.4 is 0 Å². The Morgan fingerprint density at radius 3 is 2.95 bits per heavy atom. The number of azo groups is 1. The highest BCUT2D eigenvalue weighted by Crippen LogP contribution is 2.16. The van der Waals surface area contributed by atoms with Gasteiger partial charge in [0, 0.05) is 0 Å². The number of hydrogen-bond acceptors (Lipinski definition) is 4. The molecule has 1 aromatic heterocycles. The first kappa shape index (κ1) is 15.4. The van der Waals surface area contributed by atoms with Gasteiger partial charge in [0.1, 0.15) is 12.3 Å². The van der Waals surface area contributed by atoms with Crippen LogP contribution in [0.25, 0.3) is 0 Å². The van der Waals surface area contributed by atoms with E-state index in [4.69, 9.17) is 9.15 Å². The Morgan fingerprint density at radius 1 is 1.20 bits per heavy atom. The summed E-state index contributed by atoms with van der Waals surface area (Å²) in [5, 5.41) is 8.20. The predicted molar refractivity (Wildman–Crippen MR) is 81.8 cm³/mol. The molecule has 1 aliphatic carbocycles. The highest BCUT2D eigenvalue weighted by atomic mass is 75.9. The van der Waals surface area contributed by atoms with E-state index >= 15 is 0 Å². The van der Waals surface area contributed by atoms with Crippen molar-refractivity contribution in [3.05, 3.63) is 34.7 Å². The summed E-state index contributed by atoms with van der Waals surface area (Å²) in [6.45, 7) is 1.76. The van der Waals surface area contributed by atoms with Crippen LogP contribution in [0.4, 0.5) is 0 Å². The van der Waals surface area contributed by atoms with Crippen LogP contribution in [0.3, 0.4) is 0 Å². The molecule has 0 saturated heterocycles. The fourth-order valence-corrected chi connectivity index (χ4v) is 2.52. The zero-order valence-electron chi connectivity index (χ0n) is 11.6. The maximum atomic E-state index is 5.86. The van der Waals surface area contributed by atoms with E-state index < -0.39 is 0 Å². The van der Waals surface area contributed by atoms with Crippen molar-refractivity contribution in [3.63, 3.8) is 0 Å². The van der Waals surface area contributed by atoms with Crippen LogP contribution in [0.2, 0.25) is 0 Å². The number of furan rings is 1. The van der Waals surface area contributed by atoms with E-state index in [9.17, 15) is 0 Å². The van der Waals surface area contributed by atoms with Gasteiger partial charge in [-0.3, -0.25) is 0 Å². The highest BCUT2D eigenvalue weighted by molar-refractivity contribution is 9.10. The summed E-state index contributed by atoms with van der Waals surface area (Å²) in [5.41, 5.74) is 0. The van der Waals surface area contributed by atoms with Gasteiger partial charge in [0.05, 0.1) is 19.3 Å². The Hall–Kier alpha value is -0.940. The van der Waals surface area contributed by atoms with Crippen LogP contribution in [0, 0.1) is 0 Å². The second-order valence-corrected chi connectivity index (χ2v) is 5.62. The first-order chi connectivity index (χ1) is 9.84. The summed E-state index contributed by atoms with van der Waals surface area (Å²) in [7, 11) is 0. The molecule has 110 valence electrons. The Morgan fingerprint density at radius 2 is 2.10 bits per heavy atom. The van der Waals surface area contributed by atoms with Gasteiger partial charge in [-0.05, 0) is 60.2 Å². The summed E-state index contributed by atoms with van der Waals surface area (Å²) in [4.78, 5) is 0. The van der Waals surface area contributed by atoms with E-state index in [-0.39, 0.29) is 0 Å². The predicted octanol–water partition coefficient (Wildman–Crippen LogP) is 4.90. The second-order valence-electron chi connectivity index (χ2n) is 4.84. The molecule has 0 bridgehead atoms. The minimum Gasteiger partial charge on any atom is -0.452 e. The SMILES string of the molecule is [76Br]c1ccc(CN=NCCOC2CCC=CCCC2)o1. The average molecular weight is 337 g/mol. The van der Waals surface area contributed by atoms with Gasteiger partial charge in [0.25, 0.3) is 0 Å². The number of halogens is 1. The highest BCUT2D eigenvalue weighted by Gasteiger charge is 2.08. The van der Waals surface area contributed by atoms with Gasteiger partial charge in [0.15, 0.2) is 4.67 Å². The maximum absolute atomic E-state index is 5.86. The first-order valence-corrected chi connectivity index (χ1v) is 7.98. The van der Waals surface area contributed by atoms with Gasteiger partial charge in [0.2, 0.25) is 0 Å². The monoisotopic (exact) mass is 337 g/mol. The molecular formula is C15H21BrN2O2. The van der Waals surface area contributed by atoms with E-state index in [2.05, 4.69) is 38.3 Å². The van der Waals surface area contributed by atoms with E-state index in [0.29, 0.717) is 25.8 Å². The zero-order valence-corrected chi connectivity index (χ0v) is 13.2. The summed E-state index contributed by atoms with van der Waals surface area (Å²) in [6, 6.07) is 3.75. The molecule has 1 aromatic rings. The third-order valence-corrected chi connectivity index (χ3v) is 3.65.